The molecule has 4 rings (SSSR count). The second kappa shape index (κ2) is 10.2. The van der Waals surface area contributed by atoms with Gasteiger partial charge in [-0.15, -0.1) is 11.3 Å². The van der Waals surface area contributed by atoms with Crippen molar-refractivity contribution in [1.29, 1.82) is 0 Å². The van der Waals surface area contributed by atoms with Gasteiger partial charge in [-0.3, -0.25) is 0 Å². The second-order valence-electron chi connectivity index (χ2n) is 8.20. The van der Waals surface area contributed by atoms with Crippen molar-refractivity contribution in [3.63, 3.8) is 0 Å². The summed E-state index contributed by atoms with van der Waals surface area (Å²) in [5.41, 5.74) is 3.42. The summed E-state index contributed by atoms with van der Waals surface area (Å²) in [5.74, 6) is 0. The van der Waals surface area contributed by atoms with Crippen molar-refractivity contribution in [3.8, 4) is 10.6 Å². The van der Waals surface area contributed by atoms with E-state index in [0.29, 0.717) is 0 Å². The first-order chi connectivity index (χ1) is 15.2. The van der Waals surface area contributed by atoms with E-state index < -0.39 is 0 Å². The first-order valence-electron chi connectivity index (χ1n) is 11.8. The minimum absolute atomic E-state index is 1.02. The van der Waals surface area contributed by atoms with Crippen molar-refractivity contribution in [2.45, 2.75) is 52.9 Å². The van der Waals surface area contributed by atoms with Crippen LogP contribution >= 0.6 is 11.3 Å². The van der Waals surface area contributed by atoms with Crippen LogP contribution < -0.4 is 15.2 Å². The van der Waals surface area contributed by atoms with Gasteiger partial charge in [0.1, 0.15) is 13.1 Å². The van der Waals surface area contributed by atoms with Crippen LogP contribution in [0.1, 0.15) is 52.9 Å². The molecule has 2 aromatic carbocycles. The summed E-state index contributed by atoms with van der Waals surface area (Å²) in [6.07, 6.45) is 6.49. The van der Waals surface area contributed by atoms with Gasteiger partial charge in [0.05, 0.1) is 20.8 Å². The number of aromatic nitrogens is 1. The lowest BCUT2D eigenvalue weighted by Crippen LogP contribution is -2.29. The van der Waals surface area contributed by atoms with Crippen LogP contribution in [0.25, 0.3) is 31.6 Å². The molecule has 0 amide bonds. The maximum Gasteiger partial charge on any atom is 0.201 e. The topological polar surface area (TPSA) is 27.9 Å². The number of anilines is 1. The number of nitrogens with one attached hydrogen (secondary N) is 1. The summed E-state index contributed by atoms with van der Waals surface area (Å²) >= 11 is 1.85. The van der Waals surface area contributed by atoms with Gasteiger partial charge < -0.3 is 5.32 Å². The molecule has 0 saturated heterocycles. The molecule has 0 aromatic heterocycles. The highest BCUT2D eigenvalue weighted by Gasteiger charge is 2.14. The second-order valence-corrected chi connectivity index (χ2v) is 9.28. The lowest BCUT2D eigenvalue weighted by molar-refractivity contribution is 0.626. The highest BCUT2D eigenvalue weighted by molar-refractivity contribution is 7.21. The number of fused-ring (bicyclic) bond motifs is 4. The van der Waals surface area contributed by atoms with Crippen molar-refractivity contribution in [1.82, 2.24) is 9.56 Å². The molecule has 1 heterocycles. The molecule has 0 bridgehead atoms. The Kier molecular flexibility index (Phi) is 7.18. The fourth-order valence-electron chi connectivity index (χ4n) is 4.33. The van der Waals surface area contributed by atoms with Gasteiger partial charge in [0.15, 0.2) is 0 Å². The number of rotatable bonds is 9. The van der Waals surface area contributed by atoms with Gasteiger partial charge in [-0.2, -0.15) is 0 Å². The van der Waals surface area contributed by atoms with E-state index in [4.69, 9.17) is 4.98 Å². The Morgan fingerprint density at radius 1 is 0.871 bits per heavy atom. The monoisotopic (exact) mass is 432 g/mol. The van der Waals surface area contributed by atoms with E-state index >= 15 is 0 Å². The van der Waals surface area contributed by atoms with E-state index in [2.05, 4.69) is 79.2 Å². The van der Waals surface area contributed by atoms with Crippen molar-refractivity contribution in [2.24, 2.45) is 0 Å². The summed E-state index contributed by atoms with van der Waals surface area (Å²) in [4.78, 5) is 6.34. The molecule has 0 spiro atoms. The fraction of sp³-hybridized carbons (Fsp3) is 0.407. The Morgan fingerprint density at radius 2 is 1.65 bits per heavy atom. The van der Waals surface area contributed by atoms with Gasteiger partial charge >= 0.3 is 0 Å². The molecule has 1 aliphatic heterocycles. The molecule has 0 unspecified atom stereocenters. The van der Waals surface area contributed by atoms with Gasteiger partial charge in [-0.1, -0.05) is 56.9 Å². The average molecular weight is 433 g/mol. The van der Waals surface area contributed by atoms with E-state index in [1.807, 2.05) is 11.3 Å². The van der Waals surface area contributed by atoms with Gasteiger partial charge in [0.2, 0.25) is 5.36 Å². The largest absolute Gasteiger partial charge is 0.385 e. The third-order valence-corrected chi connectivity index (χ3v) is 7.18. The van der Waals surface area contributed by atoms with Crippen molar-refractivity contribution in [2.75, 3.05) is 25.0 Å². The molecule has 0 fully saturated rings. The SMILES string of the molecule is CCCCCCCNc1cc2sc3cc(=[N+](CC)CC)ccc-3nc2c2ccccc12. The van der Waals surface area contributed by atoms with Gasteiger partial charge in [0.25, 0.3) is 0 Å². The standard InChI is InChI=1S/C27H33N3S/c1-4-7-8-9-12-17-28-24-19-26-27(22-14-11-10-13-21(22)24)29-23-16-15-20(18-25(23)31-26)30(5-2)6-3/h10-11,13-16,18-19H,4-9,12,17H2,1-3H3/p+1. The Hall–Kier alpha value is -2.46. The van der Waals surface area contributed by atoms with Crippen LogP contribution in [0.15, 0.2) is 48.5 Å². The summed E-state index contributed by atoms with van der Waals surface area (Å²) in [5, 5.41) is 7.50. The minimum Gasteiger partial charge on any atom is -0.385 e. The molecule has 3 nitrogen and oxygen atoms in total. The quantitative estimate of drug-likeness (QED) is 0.137. The first kappa shape index (κ1) is 21.8. The smallest absolute Gasteiger partial charge is 0.201 e. The van der Waals surface area contributed by atoms with Crippen LogP contribution in [-0.4, -0.2) is 24.6 Å². The van der Waals surface area contributed by atoms with Gasteiger partial charge in [-0.05, 0) is 32.4 Å². The zero-order valence-corrected chi connectivity index (χ0v) is 19.9. The fourth-order valence-corrected chi connectivity index (χ4v) is 5.39. The minimum atomic E-state index is 1.02. The maximum atomic E-state index is 5.09. The Morgan fingerprint density at radius 3 is 2.42 bits per heavy atom. The Labute approximate surface area is 189 Å². The van der Waals surface area contributed by atoms with Crippen molar-refractivity contribution < 1.29 is 0 Å². The summed E-state index contributed by atoms with van der Waals surface area (Å²) < 4.78 is 3.64. The van der Waals surface area contributed by atoms with Crippen molar-refractivity contribution in [3.05, 3.63) is 53.9 Å². The molecule has 4 heteroatoms. The Balaban J connectivity index is 1.76. The number of nitrogens with zero attached hydrogens (tertiary/aromatic N) is 2. The zero-order valence-electron chi connectivity index (χ0n) is 19.1. The third kappa shape index (κ3) is 4.74. The van der Waals surface area contributed by atoms with Gasteiger partial charge in [-0.25, -0.2) is 9.56 Å². The molecule has 2 aromatic rings. The molecular weight excluding hydrogens is 398 g/mol. The number of hydrogen-bond acceptors (Lipinski definition) is 3. The maximum absolute atomic E-state index is 5.09. The van der Waals surface area contributed by atoms with E-state index in [-0.39, 0.29) is 0 Å². The first-order valence-corrected chi connectivity index (χ1v) is 12.6. The van der Waals surface area contributed by atoms with Gasteiger partial charge in [0, 0.05) is 35.1 Å². The molecule has 2 aliphatic rings. The molecule has 162 valence electrons. The molecule has 1 N–H and O–H groups in total. The van der Waals surface area contributed by atoms with Crippen molar-refractivity contribution >= 4 is 38.0 Å². The molecule has 1 aliphatic carbocycles. The number of unbranched alkanes of at least 4 members (excludes halogenated alkanes) is 4. The highest BCUT2D eigenvalue weighted by atomic mass is 32.1. The van der Waals surface area contributed by atoms with E-state index in [1.54, 1.807) is 0 Å². The summed E-state index contributed by atoms with van der Waals surface area (Å²) in [6, 6.07) is 17.7. The van der Waals surface area contributed by atoms with Crippen LogP contribution in [0.5, 0.6) is 0 Å². The van der Waals surface area contributed by atoms with Crippen LogP contribution in [0, 0.1) is 0 Å². The average Bonchev–Trinajstić information content (AvgIpc) is 2.81. The van der Waals surface area contributed by atoms with E-state index in [0.717, 1.165) is 30.8 Å². The Bertz CT molecular complexity index is 1200. The highest BCUT2D eigenvalue weighted by Crippen LogP contribution is 2.37. The predicted molar refractivity (Wildman–Crippen MR) is 137 cm³/mol. The lowest BCUT2D eigenvalue weighted by Gasteiger charge is -2.14. The van der Waals surface area contributed by atoms with E-state index in [9.17, 15) is 0 Å². The molecule has 0 atom stereocenters. The molecular formula is C27H34N3S+. The predicted octanol–water partition coefficient (Wildman–Crippen LogP) is 6.75. The molecule has 0 saturated carbocycles. The van der Waals surface area contributed by atoms with Crippen LogP contribution in [0.4, 0.5) is 5.69 Å². The normalized spacial score (nSPS) is 11.5. The summed E-state index contributed by atoms with van der Waals surface area (Å²) in [7, 11) is 0. The van der Waals surface area contributed by atoms with Crippen LogP contribution in [0.3, 0.4) is 0 Å². The lowest BCUT2D eigenvalue weighted by atomic mass is 10.1. The zero-order chi connectivity index (χ0) is 21.6. The number of benzene rings is 3. The van der Waals surface area contributed by atoms with Crippen LogP contribution in [0.2, 0.25) is 0 Å². The molecule has 0 radical (unpaired) electrons. The van der Waals surface area contributed by atoms with Crippen LogP contribution in [-0.2, 0) is 0 Å². The molecule has 31 heavy (non-hydrogen) atoms. The number of hydrogen-bond donors (Lipinski definition) is 1. The van der Waals surface area contributed by atoms with E-state index in [1.165, 1.54) is 63.5 Å². The summed E-state index contributed by atoms with van der Waals surface area (Å²) in [6.45, 7) is 9.75. The third-order valence-electron chi connectivity index (χ3n) is 6.10.